The van der Waals surface area contributed by atoms with Gasteiger partial charge >= 0.3 is 0 Å². The third-order valence-corrected chi connectivity index (χ3v) is 3.27. The van der Waals surface area contributed by atoms with E-state index in [1.54, 1.807) is 12.1 Å². The van der Waals surface area contributed by atoms with Gasteiger partial charge in [-0.25, -0.2) is 4.39 Å². The van der Waals surface area contributed by atoms with E-state index in [2.05, 4.69) is 0 Å². The second kappa shape index (κ2) is 5.98. The van der Waals surface area contributed by atoms with Gasteiger partial charge in [0.2, 0.25) is 5.24 Å². The summed E-state index contributed by atoms with van der Waals surface area (Å²) in [5, 5.41) is -0.394. The highest BCUT2D eigenvalue weighted by molar-refractivity contribution is 6.63. The summed E-state index contributed by atoms with van der Waals surface area (Å²) in [5.41, 5.74) is 3.05. The van der Waals surface area contributed by atoms with E-state index < -0.39 is 5.24 Å². The zero-order chi connectivity index (χ0) is 13.8. The number of hydrogen-bond acceptors (Lipinski definition) is 1. The van der Waals surface area contributed by atoms with Crippen LogP contribution in [0.25, 0.3) is 0 Å². The van der Waals surface area contributed by atoms with Crippen molar-refractivity contribution in [2.45, 2.75) is 19.3 Å². The first-order valence-corrected chi connectivity index (χ1v) is 6.44. The number of carbonyl (C=O) groups is 1. The molecule has 0 aromatic heterocycles. The van der Waals surface area contributed by atoms with Gasteiger partial charge in [-0.2, -0.15) is 0 Å². The largest absolute Gasteiger partial charge is 0.281 e. The molecule has 0 N–H and O–H groups in total. The molecule has 1 nitrogen and oxygen atoms in total. The average Bonchev–Trinajstić information content (AvgIpc) is 2.38. The Hall–Kier alpha value is -1.67. The minimum Gasteiger partial charge on any atom is -0.281 e. The molecule has 0 heterocycles. The Balaban J connectivity index is 2.37. The molecular weight excluding hydrogens is 263 g/mol. The standard InChI is InChI=1S/C16H14ClFO/c1-11-2-4-12(5-3-11)15(10-16(17)19)13-6-8-14(18)9-7-13/h2-9,15H,10H2,1H3. The normalized spacial score (nSPS) is 12.2. The average molecular weight is 277 g/mol. The summed E-state index contributed by atoms with van der Waals surface area (Å²) in [6, 6.07) is 14.1. The van der Waals surface area contributed by atoms with Crippen molar-refractivity contribution in [2.75, 3.05) is 0 Å². The Morgan fingerprint density at radius 1 is 1.05 bits per heavy atom. The van der Waals surface area contributed by atoms with Crippen LogP contribution in [-0.2, 0) is 4.79 Å². The van der Waals surface area contributed by atoms with Crippen LogP contribution in [0.5, 0.6) is 0 Å². The van der Waals surface area contributed by atoms with Gasteiger partial charge < -0.3 is 0 Å². The molecule has 0 spiro atoms. The van der Waals surface area contributed by atoms with E-state index in [0.29, 0.717) is 0 Å². The number of aryl methyl sites for hydroxylation is 1. The molecule has 19 heavy (non-hydrogen) atoms. The van der Waals surface area contributed by atoms with Crippen molar-refractivity contribution in [3.8, 4) is 0 Å². The van der Waals surface area contributed by atoms with Gasteiger partial charge in [0.25, 0.3) is 0 Å². The molecule has 0 aliphatic carbocycles. The smallest absolute Gasteiger partial charge is 0.222 e. The van der Waals surface area contributed by atoms with Crippen molar-refractivity contribution in [2.24, 2.45) is 0 Å². The summed E-state index contributed by atoms with van der Waals surface area (Å²) in [6.07, 6.45) is 0.205. The van der Waals surface area contributed by atoms with E-state index in [1.807, 2.05) is 31.2 Å². The van der Waals surface area contributed by atoms with Gasteiger partial charge in [0, 0.05) is 12.3 Å². The van der Waals surface area contributed by atoms with Crippen molar-refractivity contribution in [3.63, 3.8) is 0 Å². The molecule has 0 fully saturated rings. The summed E-state index contributed by atoms with van der Waals surface area (Å²) >= 11 is 5.52. The van der Waals surface area contributed by atoms with Crippen molar-refractivity contribution in [3.05, 3.63) is 71.0 Å². The summed E-state index contributed by atoms with van der Waals surface area (Å²) in [4.78, 5) is 11.2. The lowest BCUT2D eigenvalue weighted by atomic mass is 9.88. The summed E-state index contributed by atoms with van der Waals surface area (Å²) in [7, 11) is 0. The molecule has 1 unspecified atom stereocenters. The van der Waals surface area contributed by atoms with E-state index >= 15 is 0 Å². The molecule has 1 atom stereocenters. The van der Waals surface area contributed by atoms with E-state index in [0.717, 1.165) is 16.7 Å². The maximum Gasteiger partial charge on any atom is 0.222 e. The maximum atomic E-state index is 13.0. The van der Waals surface area contributed by atoms with Crippen molar-refractivity contribution >= 4 is 16.8 Å². The highest BCUT2D eigenvalue weighted by Crippen LogP contribution is 2.29. The van der Waals surface area contributed by atoms with Crippen LogP contribution in [0.2, 0.25) is 0 Å². The van der Waals surface area contributed by atoms with E-state index in [9.17, 15) is 9.18 Å². The molecule has 0 aliphatic rings. The van der Waals surface area contributed by atoms with Crippen LogP contribution in [0.3, 0.4) is 0 Å². The second-order valence-electron chi connectivity index (χ2n) is 4.57. The number of halogens is 2. The fourth-order valence-electron chi connectivity index (χ4n) is 2.08. The quantitative estimate of drug-likeness (QED) is 0.756. The third kappa shape index (κ3) is 3.65. The topological polar surface area (TPSA) is 17.1 Å². The van der Waals surface area contributed by atoms with Crippen LogP contribution in [0.4, 0.5) is 4.39 Å². The zero-order valence-electron chi connectivity index (χ0n) is 10.6. The van der Waals surface area contributed by atoms with Crippen LogP contribution in [0.1, 0.15) is 29.0 Å². The van der Waals surface area contributed by atoms with Gasteiger partial charge in [-0.3, -0.25) is 4.79 Å². The van der Waals surface area contributed by atoms with E-state index in [4.69, 9.17) is 11.6 Å². The minimum absolute atomic E-state index is 0.133. The molecule has 0 aliphatic heterocycles. The van der Waals surface area contributed by atoms with Gasteiger partial charge in [0.05, 0.1) is 0 Å². The maximum absolute atomic E-state index is 13.0. The SMILES string of the molecule is Cc1ccc(C(CC(=O)Cl)c2ccc(F)cc2)cc1. The van der Waals surface area contributed by atoms with Crippen LogP contribution >= 0.6 is 11.6 Å². The Kier molecular flexibility index (Phi) is 4.33. The molecule has 0 saturated carbocycles. The summed E-state index contributed by atoms with van der Waals surface area (Å²) in [5.74, 6) is -0.421. The molecule has 3 heteroatoms. The fourth-order valence-corrected chi connectivity index (χ4v) is 2.24. The predicted molar refractivity (Wildman–Crippen MR) is 74.9 cm³/mol. The Bertz CT molecular complexity index is 515. The highest BCUT2D eigenvalue weighted by atomic mass is 35.5. The van der Waals surface area contributed by atoms with Crippen molar-refractivity contribution < 1.29 is 9.18 Å². The monoisotopic (exact) mass is 276 g/mol. The Labute approximate surface area is 117 Å². The zero-order valence-corrected chi connectivity index (χ0v) is 11.3. The van der Waals surface area contributed by atoms with Crippen LogP contribution < -0.4 is 0 Å². The highest BCUT2D eigenvalue weighted by Gasteiger charge is 2.17. The van der Waals surface area contributed by atoms with Gasteiger partial charge in [-0.15, -0.1) is 0 Å². The second-order valence-corrected chi connectivity index (χ2v) is 5.00. The number of hydrogen-bond donors (Lipinski definition) is 0. The lowest BCUT2D eigenvalue weighted by molar-refractivity contribution is -0.111. The van der Waals surface area contributed by atoms with Crippen LogP contribution in [0.15, 0.2) is 48.5 Å². The first-order chi connectivity index (χ1) is 9.06. The van der Waals surface area contributed by atoms with Crippen LogP contribution in [-0.4, -0.2) is 5.24 Å². The Morgan fingerprint density at radius 3 is 2.00 bits per heavy atom. The predicted octanol–water partition coefficient (Wildman–Crippen LogP) is 4.42. The van der Waals surface area contributed by atoms with Gasteiger partial charge in [-0.1, -0.05) is 42.0 Å². The Morgan fingerprint density at radius 2 is 1.53 bits per heavy atom. The molecule has 0 bridgehead atoms. The molecule has 98 valence electrons. The lowest BCUT2D eigenvalue weighted by Gasteiger charge is -2.16. The fraction of sp³-hybridized carbons (Fsp3) is 0.188. The van der Waals surface area contributed by atoms with E-state index in [-0.39, 0.29) is 18.2 Å². The van der Waals surface area contributed by atoms with Gasteiger partial charge in [-0.05, 0) is 41.8 Å². The molecule has 2 aromatic rings. The number of carbonyl (C=O) groups excluding carboxylic acids is 1. The van der Waals surface area contributed by atoms with Crippen molar-refractivity contribution in [1.82, 2.24) is 0 Å². The number of rotatable bonds is 4. The number of benzene rings is 2. The third-order valence-electron chi connectivity index (χ3n) is 3.12. The van der Waals surface area contributed by atoms with Gasteiger partial charge in [0.1, 0.15) is 5.82 Å². The van der Waals surface area contributed by atoms with Crippen LogP contribution in [0, 0.1) is 12.7 Å². The molecule has 2 rings (SSSR count). The van der Waals surface area contributed by atoms with E-state index in [1.165, 1.54) is 12.1 Å². The molecule has 0 amide bonds. The molecule has 0 saturated heterocycles. The minimum atomic E-state index is -0.394. The first-order valence-electron chi connectivity index (χ1n) is 6.06. The van der Waals surface area contributed by atoms with Crippen molar-refractivity contribution in [1.29, 1.82) is 0 Å². The molecular formula is C16H14ClFO. The lowest BCUT2D eigenvalue weighted by Crippen LogP contribution is -2.05. The molecule has 0 radical (unpaired) electrons. The summed E-state index contributed by atoms with van der Waals surface area (Å²) in [6.45, 7) is 2.00. The molecule has 2 aromatic carbocycles. The van der Waals surface area contributed by atoms with Gasteiger partial charge in [0.15, 0.2) is 0 Å². The summed E-state index contributed by atoms with van der Waals surface area (Å²) < 4.78 is 13.0. The first kappa shape index (κ1) is 13.8.